The van der Waals surface area contributed by atoms with Gasteiger partial charge in [-0.15, -0.1) is 24.0 Å². The Morgan fingerprint density at radius 3 is 2.75 bits per heavy atom. The van der Waals surface area contributed by atoms with Crippen LogP contribution in [0.25, 0.3) is 0 Å². The number of rotatable bonds is 5. The SMILES string of the molecule is CN=C(NCc1ccc(Cl)cc1OC)NC1CCN(C(=O)C2CCCC2)C1.I. The van der Waals surface area contributed by atoms with Crippen molar-refractivity contribution in [3.8, 4) is 5.75 Å². The molecule has 0 radical (unpaired) electrons. The zero-order valence-electron chi connectivity index (χ0n) is 16.5. The molecule has 1 saturated carbocycles. The number of hydrogen-bond acceptors (Lipinski definition) is 3. The van der Waals surface area contributed by atoms with Crippen molar-refractivity contribution in [1.29, 1.82) is 0 Å². The summed E-state index contributed by atoms with van der Waals surface area (Å²) in [5, 5.41) is 7.41. The highest BCUT2D eigenvalue weighted by atomic mass is 127. The fraction of sp³-hybridized carbons (Fsp3) is 0.600. The van der Waals surface area contributed by atoms with Crippen molar-refractivity contribution in [3.63, 3.8) is 0 Å². The number of amides is 1. The van der Waals surface area contributed by atoms with Gasteiger partial charge < -0.3 is 20.3 Å². The molecule has 28 heavy (non-hydrogen) atoms. The molecule has 1 unspecified atom stereocenters. The number of halogens is 2. The van der Waals surface area contributed by atoms with E-state index < -0.39 is 0 Å². The minimum absolute atomic E-state index is 0. The van der Waals surface area contributed by atoms with E-state index in [1.165, 1.54) is 12.8 Å². The van der Waals surface area contributed by atoms with Crippen LogP contribution in [0.2, 0.25) is 5.02 Å². The van der Waals surface area contributed by atoms with Gasteiger partial charge >= 0.3 is 0 Å². The monoisotopic (exact) mass is 520 g/mol. The van der Waals surface area contributed by atoms with Gasteiger partial charge in [0.15, 0.2) is 5.96 Å². The molecule has 0 aromatic heterocycles. The van der Waals surface area contributed by atoms with E-state index in [1.807, 2.05) is 17.0 Å². The van der Waals surface area contributed by atoms with Crippen LogP contribution in [-0.4, -0.2) is 50.1 Å². The third-order valence-electron chi connectivity index (χ3n) is 5.46. The Morgan fingerprint density at radius 1 is 1.32 bits per heavy atom. The number of benzene rings is 1. The van der Waals surface area contributed by atoms with Crippen LogP contribution in [0.3, 0.4) is 0 Å². The summed E-state index contributed by atoms with van der Waals surface area (Å²) >= 11 is 6.02. The Labute approximate surface area is 189 Å². The molecule has 1 aliphatic heterocycles. The summed E-state index contributed by atoms with van der Waals surface area (Å²) in [5.41, 5.74) is 1.01. The van der Waals surface area contributed by atoms with Crippen LogP contribution in [0, 0.1) is 5.92 Å². The van der Waals surface area contributed by atoms with Crippen LogP contribution in [0.4, 0.5) is 0 Å². The van der Waals surface area contributed by atoms with Crippen molar-refractivity contribution in [3.05, 3.63) is 28.8 Å². The average molecular weight is 521 g/mol. The highest BCUT2D eigenvalue weighted by molar-refractivity contribution is 14.0. The van der Waals surface area contributed by atoms with Crippen molar-refractivity contribution in [2.24, 2.45) is 10.9 Å². The minimum atomic E-state index is 0. The number of carbonyl (C=O) groups excluding carboxylic acids is 1. The fourth-order valence-electron chi connectivity index (χ4n) is 3.94. The second-order valence-corrected chi connectivity index (χ2v) is 7.71. The lowest BCUT2D eigenvalue weighted by molar-refractivity contribution is -0.134. The van der Waals surface area contributed by atoms with Gasteiger partial charge in [-0.25, -0.2) is 0 Å². The summed E-state index contributed by atoms with van der Waals surface area (Å²) in [7, 11) is 3.39. The van der Waals surface area contributed by atoms with Crippen LogP contribution < -0.4 is 15.4 Å². The molecule has 1 aliphatic carbocycles. The molecule has 0 spiro atoms. The highest BCUT2D eigenvalue weighted by Crippen LogP contribution is 2.28. The topological polar surface area (TPSA) is 66.0 Å². The van der Waals surface area contributed by atoms with Crippen LogP contribution >= 0.6 is 35.6 Å². The molecule has 3 rings (SSSR count). The molecule has 2 aliphatic rings. The van der Waals surface area contributed by atoms with E-state index in [-0.39, 0.29) is 35.9 Å². The van der Waals surface area contributed by atoms with E-state index in [4.69, 9.17) is 16.3 Å². The molecule has 0 bridgehead atoms. The quantitative estimate of drug-likeness (QED) is 0.355. The lowest BCUT2D eigenvalue weighted by atomic mass is 10.1. The summed E-state index contributed by atoms with van der Waals surface area (Å²) in [5.74, 6) is 2.07. The van der Waals surface area contributed by atoms with Gasteiger partial charge in [0, 0.05) is 49.2 Å². The number of hydrogen-bond donors (Lipinski definition) is 2. The first-order chi connectivity index (χ1) is 13.1. The first-order valence-corrected chi connectivity index (χ1v) is 10.1. The maximum absolute atomic E-state index is 12.6. The molecule has 1 atom stereocenters. The molecule has 6 nitrogen and oxygen atoms in total. The van der Waals surface area contributed by atoms with Crippen LogP contribution in [-0.2, 0) is 11.3 Å². The molecule has 1 heterocycles. The average Bonchev–Trinajstić information content (AvgIpc) is 3.37. The summed E-state index contributed by atoms with van der Waals surface area (Å²) < 4.78 is 5.39. The zero-order valence-corrected chi connectivity index (χ0v) is 19.6. The maximum atomic E-state index is 12.6. The Morgan fingerprint density at radius 2 is 2.07 bits per heavy atom. The number of methoxy groups -OCH3 is 1. The molecule has 1 amide bonds. The van der Waals surface area contributed by atoms with Gasteiger partial charge in [0.2, 0.25) is 5.91 Å². The number of ether oxygens (including phenoxy) is 1. The summed E-state index contributed by atoms with van der Waals surface area (Å²) in [6.07, 6.45) is 5.44. The number of nitrogens with zero attached hydrogens (tertiary/aromatic N) is 2. The van der Waals surface area contributed by atoms with E-state index >= 15 is 0 Å². The number of guanidine groups is 1. The van der Waals surface area contributed by atoms with Crippen molar-refractivity contribution in [2.75, 3.05) is 27.2 Å². The summed E-state index contributed by atoms with van der Waals surface area (Å²) in [4.78, 5) is 18.9. The van der Waals surface area contributed by atoms with Gasteiger partial charge in [-0.3, -0.25) is 9.79 Å². The number of nitrogens with one attached hydrogen (secondary N) is 2. The van der Waals surface area contributed by atoms with Gasteiger partial charge in [-0.1, -0.05) is 30.5 Å². The second-order valence-electron chi connectivity index (χ2n) is 7.28. The first kappa shape index (κ1) is 23.1. The highest BCUT2D eigenvalue weighted by Gasteiger charge is 2.32. The van der Waals surface area contributed by atoms with Crippen molar-refractivity contribution >= 4 is 47.4 Å². The van der Waals surface area contributed by atoms with Crippen LogP contribution in [0.5, 0.6) is 5.75 Å². The normalized spacial score (nSPS) is 20.0. The maximum Gasteiger partial charge on any atom is 0.225 e. The Bertz CT molecular complexity index is 695. The Hall–Kier alpha value is -1.22. The number of carbonyl (C=O) groups is 1. The predicted molar refractivity (Wildman–Crippen MR) is 124 cm³/mol. The van der Waals surface area contributed by atoms with E-state index in [9.17, 15) is 4.79 Å². The van der Waals surface area contributed by atoms with E-state index in [2.05, 4.69) is 15.6 Å². The van der Waals surface area contributed by atoms with Gasteiger partial charge in [-0.2, -0.15) is 0 Å². The number of likely N-dealkylation sites (tertiary alicyclic amines) is 1. The summed E-state index contributed by atoms with van der Waals surface area (Å²) in [6.45, 7) is 2.16. The van der Waals surface area contributed by atoms with Crippen molar-refractivity contribution in [1.82, 2.24) is 15.5 Å². The molecule has 1 aromatic carbocycles. The Kier molecular flexibility index (Phi) is 9.14. The lowest BCUT2D eigenvalue weighted by Crippen LogP contribution is -2.45. The van der Waals surface area contributed by atoms with Gasteiger partial charge in [-0.05, 0) is 31.4 Å². The standard InChI is InChI=1S/C20H29ClN4O2.HI/c1-22-20(23-12-15-7-8-16(21)11-18(15)27-2)24-17-9-10-25(13-17)19(26)14-5-3-4-6-14;/h7-8,11,14,17H,3-6,9-10,12-13H2,1-2H3,(H2,22,23,24);1H. The minimum Gasteiger partial charge on any atom is -0.496 e. The molecule has 1 saturated heterocycles. The first-order valence-electron chi connectivity index (χ1n) is 9.69. The predicted octanol–water partition coefficient (Wildman–Crippen LogP) is 3.42. The zero-order chi connectivity index (χ0) is 19.2. The third-order valence-corrected chi connectivity index (χ3v) is 5.70. The molecule has 156 valence electrons. The lowest BCUT2D eigenvalue weighted by Gasteiger charge is -2.21. The van der Waals surface area contributed by atoms with Crippen LogP contribution in [0.15, 0.2) is 23.2 Å². The van der Waals surface area contributed by atoms with Gasteiger partial charge in [0.25, 0.3) is 0 Å². The van der Waals surface area contributed by atoms with Gasteiger partial charge in [0.05, 0.1) is 7.11 Å². The van der Waals surface area contributed by atoms with Crippen molar-refractivity contribution < 1.29 is 9.53 Å². The number of aliphatic imine (C=N–C) groups is 1. The summed E-state index contributed by atoms with van der Waals surface area (Å²) in [6, 6.07) is 5.83. The van der Waals surface area contributed by atoms with Crippen LogP contribution in [0.1, 0.15) is 37.7 Å². The molecule has 2 N–H and O–H groups in total. The molecular weight excluding hydrogens is 491 g/mol. The molecule has 1 aromatic rings. The Balaban J connectivity index is 0.00000280. The van der Waals surface area contributed by atoms with E-state index in [1.54, 1.807) is 20.2 Å². The van der Waals surface area contributed by atoms with E-state index in [0.29, 0.717) is 17.5 Å². The smallest absolute Gasteiger partial charge is 0.225 e. The van der Waals surface area contributed by atoms with Crippen molar-refractivity contribution in [2.45, 2.75) is 44.7 Å². The second kappa shape index (κ2) is 11.1. The molecule has 2 fully saturated rings. The molecule has 8 heteroatoms. The fourth-order valence-corrected chi connectivity index (χ4v) is 4.10. The van der Waals surface area contributed by atoms with Gasteiger partial charge in [0.1, 0.15) is 5.75 Å². The molecular formula is C20H30ClIN4O2. The van der Waals surface area contributed by atoms with E-state index in [0.717, 1.165) is 49.6 Å². The third kappa shape index (κ3) is 5.89. The largest absolute Gasteiger partial charge is 0.496 e.